The molecule has 0 aromatic carbocycles. The third kappa shape index (κ3) is 2.60. The Morgan fingerprint density at radius 3 is 2.56 bits per heavy atom. The lowest BCUT2D eigenvalue weighted by atomic mass is 10.2. The molecule has 0 bridgehead atoms. The van der Waals surface area contributed by atoms with E-state index in [1.54, 1.807) is 6.08 Å². The second kappa shape index (κ2) is 4.49. The van der Waals surface area contributed by atoms with E-state index in [-0.39, 0.29) is 18.8 Å². The van der Waals surface area contributed by atoms with Gasteiger partial charge in [-0.25, -0.2) is 0 Å². The molecule has 3 nitrogen and oxygen atoms in total. The number of methoxy groups -OCH3 is 1. The lowest BCUT2D eigenvalue weighted by Gasteiger charge is -2.15. The Morgan fingerprint density at radius 1 is 1.89 bits per heavy atom. The van der Waals surface area contributed by atoms with E-state index < -0.39 is 0 Å². The fourth-order valence-electron chi connectivity index (χ4n) is 0.550. The molecule has 0 aliphatic heterocycles. The van der Waals surface area contributed by atoms with Crippen molar-refractivity contribution in [2.75, 3.05) is 13.7 Å². The molecular formula is C6H13NO2. The smallest absolute Gasteiger partial charge is 0.0922 e. The lowest BCUT2D eigenvalue weighted by molar-refractivity contribution is 0.0932. The molecule has 3 heteroatoms. The maximum atomic E-state index is 8.51. The Morgan fingerprint density at radius 2 is 2.44 bits per heavy atom. The van der Waals surface area contributed by atoms with E-state index in [9.17, 15) is 0 Å². The molecule has 3 N–H and O–H groups in total. The van der Waals surface area contributed by atoms with Crippen LogP contribution in [0, 0.1) is 0 Å². The number of ether oxygens (including phenoxy) is 1. The highest BCUT2D eigenvalue weighted by Gasteiger charge is 2.10. The fourth-order valence-corrected chi connectivity index (χ4v) is 0.550. The van der Waals surface area contributed by atoms with Crippen molar-refractivity contribution >= 4 is 0 Å². The zero-order chi connectivity index (χ0) is 7.28. The Hall–Kier alpha value is -0.380. The van der Waals surface area contributed by atoms with Crippen LogP contribution in [0.5, 0.6) is 0 Å². The maximum absolute atomic E-state index is 8.51. The monoisotopic (exact) mass is 131 g/mol. The van der Waals surface area contributed by atoms with Crippen molar-refractivity contribution < 1.29 is 9.84 Å². The number of hydrogen-bond acceptors (Lipinski definition) is 3. The molecular weight excluding hydrogens is 118 g/mol. The summed E-state index contributed by atoms with van der Waals surface area (Å²) in [5, 5.41) is 8.51. The van der Waals surface area contributed by atoms with Crippen LogP contribution in [-0.4, -0.2) is 31.0 Å². The topological polar surface area (TPSA) is 55.5 Å². The van der Waals surface area contributed by atoms with Gasteiger partial charge in [0.1, 0.15) is 0 Å². The zero-order valence-electron chi connectivity index (χ0n) is 5.58. The van der Waals surface area contributed by atoms with Crippen LogP contribution in [0.25, 0.3) is 0 Å². The van der Waals surface area contributed by atoms with Crippen LogP contribution in [0.3, 0.4) is 0 Å². The van der Waals surface area contributed by atoms with Gasteiger partial charge in [-0.1, -0.05) is 6.08 Å². The van der Waals surface area contributed by atoms with Gasteiger partial charge in [0, 0.05) is 7.11 Å². The van der Waals surface area contributed by atoms with Crippen molar-refractivity contribution in [3.63, 3.8) is 0 Å². The van der Waals surface area contributed by atoms with E-state index in [0.717, 1.165) is 0 Å². The van der Waals surface area contributed by atoms with Gasteiger partial charge in [0.15, 0.2) is 0 Å². The van der Waals surface area contributed by atoms with Crippen molar-refractivity contribution in [2.45, 2.75) is 12.1 Å². The molecule has 0 radical (unpaired) electrons. The highest BCUT2D eigenvalue weighted by molar-refractivity contribution is 4.87. The molecule has 0 saturated heterocycles. The summed E-state index contributed by atoms with van der Waals surface area (Å²) in [7, 11) is 1.53. The molecule has 0 saturated carbocycles. The molecule has 0 spiro atoms. The van der Waals surface area contributed by atoms with Crippen LogP contribution in [0.4, 0.5) is 0 Å². The quantitative estimate of drug-likeness (QED) is 0.506. The zero-order valence-corrected chi connectivity index (χ0v) is 5.58. The first-order chi connectivity index (χ1) is 4.26. The van der Waals surface area contributed by atoms with Crippen LogP contribution in [-0.2, 0) is 4.74 Å². The molecule has 0 aliphatic carbocycles. The second-order valence-electron chi connectivity index (χ2n) is 1.78. The summed E-state index contributed by atoms with van der Waals surface area (Å²) in [4.78, 5) is 0. The van der Waals surface area contributed by atoms with E-state index in [2.05, 4.69) is 6.58 Å². The lowest BCUT2D eigenvalue weighted by Crippen LogP contribution is -2.37. The Kier molecular flexibility index (Phi) is 4.30. The van der Waals surface area contributed by atoms with E-state index in [1.165, 1.54) is 7.11 Å². The highest BCUT2D eigenvalue weighted by Crippen LogP contribution is 1.94. The minimum Gasteiger partial charge on any atom is -0.395 e. The molecule has 2 atom stereocenters. The second-order valence-corrected chi connectivity index (χ2v) is 1.78. The minimum absolute atomic E-state index is 0.0788. The van der Waals surface area contributed by atoms with Crippen molar-refractivity contribution in [3.8, 4) is 0 Å². The average Bonchev–Trinajstić information content (AvgIpc) is 1.90. The van der Waals surface area contributed by atoms with Crippen LogP contribution in [0.2, 0.25) is 0 Å². The standard InChI is InChI=1S/C6H13NO2/c1-3-6(9-2)5(7)4-8/h3,5-6,8H,1,4,7H2,2H3/t5-,6+/m0/s1. The summed E-state index contributed by atoms with van der Waals surface area (Å²) in [5.74, 6) is 0. The first-order valence-electron chi connectivity index (χ1n) is 2.78. The molecule has 54 valence electrons. The first-order valence-corrected chi connectivity index (χ1v) is 2.78. The maximum Gasteiger partial charge on any atom is 0.0922 e. The van der Waals surface area contributed by atoms with Gasteiger partial charge in [0.2, 0.25) is 0 Å². The van der Waals surface area contributed by atoms with Crippen LogP contribution < -0.4 is 5.73 Å². The fraction of sp³-hybridized carbons (Fsp3) is 0.667. The van der Waals surface area contributed by atoms with Gasteiger partial charge in [-0.2, -0.15) is 0 Å². The van der Waals surface area contributed by atoms with Crippen molar-refractivity contribution in [1.82, 2.24) is 0 Å². The molecule has 0 amide bonds. The van der Waals surface area contributed by atoms with Gasteiger partial charge in [0.05, 0.1) is 18.8 Å². The van der Waals surface area contributed by atoms with E-state index >= 15 is 0 Å². The minimum atomic E-state index is -0.354. The summed E-state index contributed by atoms with van der Waals surface area (Å²) in [6.45, 7) is 3.41. The molecule has 0 fully saturated rings. The SMILES string of the molecule is C=C[C@@H](OC)[C@@H](N)CO. The number of hydrogen-bond donors (Lipinski definition) is 2. The predicted octanol–water partition coefficient (Wildman–Crippen LogP) is -0.493. The Labute approximate surface area is 55.1 Å². The Balaban J connectivity index is 3.63. The molecule has 0 aliphatic rings. The summed E-state index contributed by atoms with van der Waals surface area (Å²) in [6, 6.07) is -0.354. The third-order valence-electron chi connectivity index (χ3n) is 1.14. The highest BCUT2D eigenvalue weighted by atomic mass is 16.5. The normalized spacial score (nSPS) is 16.8. The number of nitrogens with two attached hydrogens (primary N) is 1. The summed E-state index contributed by atoms with van der Waals surface area (Å²) in [5.41, 5.74) is 5.39. The largest absolute Gasteiger partial charge is 0.395 e. The number of aliphatic hydroxyl groups is 1. The van der Waals surface area contributed by atoms with E-state index in [1.807, 2.05) is 0 Å². The molecule has 0 unspecified atom stereocenters. The molecule has 0 aromatic rings. The first kappa shape index (κ1) is 8.62. The van der Waals surface area contributed by atoms with Crippen molar-refractivity contribution in [3.05, 3.63) is 12.7 Å². The molecule has 0 heterocycles. The van der Waals surface area contributed by atoms with Crippen LogP contribution >= 0.6 is 0 Å². The Bertz CT molecular complexity index is 85.1. The van der Waals surface area contributed by atoms with Gasteiger partial charge in [-0.3, -0.25) is 0 Å². The van der Waals surface area contributed by atoms with Gasteiger partial charge >= 0.3 is 0 Å². The van der Waals surface area contributed by atoms with E-state index in [4.69, 9.17) is 15.6 Å². The summed E-state index contributed by atoms with van der Waals surface area (Å²) >= 11 is 0. The van der Waals surface area contributed by atoms with E-state index in [0.29, 0.717) is 0 Å². The predicted molar refractivity (Wildman–Crippen MR) is 36.1 cm³/mol. The van der Waals surface area contributed by atoms with Crippen LogP contribution in [0.15, 0.2) is 12.7 Å². The van der Waals surface area contributed by atoms with Gasteiger partial charge in [0.25, 0.3) is 0 Å². The van der Waals surface area contributed by atoms with Gasteiger partial charge in [-0.05, 0) is 0 Å². The van der Waals surface area contributed by atoms with Gasteiger partial charge in [-0.15, -0.1) is 6.58 Å². The van der Waals surface area contributed by atoms with Crippen molar-refractivity contribution in [2.24, 2.45) is 5.73 Å². The summed E-state index contributed by atoms with van der Waals surface area (Å²) < 4.78 is 4.85. The number of rotatable bonds is 4. The van der Waals surface area contributed by atoms with Crippen molar-refractivity contribution in [1.29, 1.82) is 0 Å². The van der Waals surface area contributed by atoms with Gasteiger partial charge < -0.3 is 15.6 Å². The molecule has 0 aromatic heterocycles. The average molecular weight is 131 g/mol. The third-order valence-corrected chi connectivity index (χ3v) is 1.14. The number of aliphatic hydroxyl groups excluding tert-OH is 1. The molecule has 0 rings (SSSR count). The summed E-state index contributed by atoms with van der Waals surface area (Å²) in [6.07, 6.45) is 1.33. The van der Waals surface area contributed by atoms with Crippen LogP contribution in [0.1, 0.15) is 0 Å². The molecule has 9 heavy (non-hydrogen) atoms.